The Morgan fingerprint density at radius 1 is 0.875 bits per heavy atom. The number of aryl methyl sites for hydroxylation is 1. The van der Waals surface area contributed by atoms with E-state index in [4.69, 9.17) is 15.0 Å². The Bertz CT molecular complexity index is 3130. The molecule has 3 N–H and O–H groups in total. The largest absolute Gasteiger partial charge is 0.507 e. The summed E-state index contributed by atoms with van der Waals surface area (Å²) in [5.74, 6) is -0.0695. The molecule has 0 unspecified atom stereocenters. The summed E-state index contributed by atoms with van der Waals surface area (Å²) in [6, 6.07) is 24.2. The zero-order valence-electron chi connectivity index (χ0n) is 37.4. The average Bonchev–Trinajstić information content (AvgIpc) is 4.05. The number of allylic oxidation sites excluding steroid dienone is 5. The number of fused-ring (bicyclic) bond motifs is 9. The lowest BCUT2D eigenvalue weighted by Crippen LogP contribution is -2.37. The Hall–Kier alpha value is -6.34. The molecule has 0 radical (unpaired) electrons. The number of amides is 2. The van der Waals surface area contributed by atoms with Crippen molar-refractivity contribution in [3.63, 3.8) is 0 Å². The first kappa shape index (κ1) is 42.9. The Labute approximate surface area is 387 Å². The fraction of sp³-hybridized carbons (Fsp3) is 0.264. The number of nitrogens with one attached hydrogen (secondary N) is 2. The van der Waals surface area contributed by atoms with E-state index in [1.807, 2.05) is 73.7 Å². The molecule has 64 heavy (non-hydrogen) atoms. The second-order valence-corrected chi connectivity index (χ2v) is 18.4. The molecule has 10 nitrogen and oxygen atoms in total. The van der Waals surface area contributed by atoms with E-state index in [0.717, 1.165) is 111 Å². The minimum atomic E-state index is -0.203. The highest BCUT2D eigenvalue weighted by Gasteiger charge is 2.34. The number of aliphatic hydroxyl groups excluding tert-OH is 1. The molecule has 8 bridgehead atoms. The molecule has 1 aliphatic carbocycles. The number of aromatic amines is 2. The molecule has 6 heterocycles. The number of pyridine rings is 1. The second kappa shape index (κ2) is 17.0. The van der Waals surface area contributed by atoms with Crippen molar-refractivity contribution < 1.29 is 14.7 Å². The van der Waals surface area contributed by atoms with Gasteiger partial charge in [-0.05, 0) is 120 Å². The predicted octanol–water partition coefficient (Wildman–Crippen LogP) is 11.9. The molecule has 324 valence electrons. The predicted molar refractivity (Wildman–Crippen MR) is 268 cm³/mol. The van der Waals surface area contributed by atoms with Crippen LogP contribution in [0.4, 0.5) is 0 Å². The smallest absolute Gasteiger partial charge is 0.272 e. The Balaban J connectivity index is 1.00. The number of rotatable bonds is 10. The summed E-state index contributed by atoms with van der Waals surface area (Å²) < 4.78 is 1.05. The molecule has 4 aliphatic rings. The third-order valence-electron chi connectivity index (χ3n) is 13.5. The molecule has 5 aromatic rings. The van der Waals surface area contributed by atoms with Crippen molar-refractivity contribution in [1.29, 1.82) is 0 Å². The molecule has 0 spiro atoms. The summed E-state index contributed by atoms with van der Waals surface area (Å²) in [7, 11) is 3.56. The van der Waals surface area contributed by atoms with Gasteiger partial charge >= 0.3 is 0 Å². The number of aromatic nitrogens is 5. The van der Waals surface area contributed by atoms with Crippen LogP contribution in [-0.4, -0.2) is 78.8 Å². The maximum absolute atomic E-state index is 14.0. The zero-order valence-corrected chi connectivity index (χ0v) is 39.5. The molecule has 11 heteroatoms. The summed E-state index contributed by atoms with van der Waals surface area (Å²) in [5.41, 5.74) is 16.2. The van der Waals surface area contributed by atoms with Crippen molar-refractivity contribution in [1.82, 2.24) is 34.7 Å². The fourth-order valence-corrected chi connectivity index (χ4v) is 10.3. The first-order valence-corrected chi connectivity index (χ1v) is 23.0. The normalized spacial score (nSPS) is 16.0. The van der Waals surface area contributed by atoms with Gasteiger partial charge in [-0.15, -0.1) is 0 Å². The summed E-state index contributed by atoms with van der Waals surface area (Å²) >= 11 is 2.31. The maximum atomic E-state index is 14.0. The monoisotopic (exact) mass is 961 g/mol. The minimum absolute atomic E-state index is 0.00388. The molecular weight excluding hydrogens is 910 g/mol. The number of aliphatic hydroxyl groups is 1. The quantitative estimate of drug-likeness (QED) is 0.120. The van der Waals surface area contributed by atoms with E-state index in [9.17, 15) is 14.7 Å². The number of hydrogen-bond donors (Lipinski definition) is 3. The molecule has 3 aliphatic heterocycles. The van der Waals surface area contributed by atoms with Crippen LogP contribution in [-0.2, 0) is 4.79 Å². The van der Waals surface area contributed by atoms with Gasteiger partial charge in [0.25, 0.3) is 5.91 Å². The van der Waals surface area contributed by atoms with E-state index in [0.29, 0.717) is 31.6 Å². The molecular formula is C53H52IN7O3. The van der Waals surface area contributed by atoms with Crippen LogP contribution in [0.2, 0.25) is 0 Å². The van der Waals surface area contributed by atoms with E-state index in [1.165, 1.54) is 5.57 Å². The highest BCUT2D eigenvalue weighted by Crippen LogP contribution is 2.46. The SMILES string of the molecule is C=CC1=C(C)c2cc3[nH]c(c4c5[nH]c(cc6nc(cc1n2)C(C)=C6CC)c(C)c5C(O)=C4)[C@@H](CCC(=O)N(C)CCN(C)C(=O)c1cc2ccccc2c(-c2ccccc2I)n1)[C@@H]3C. The standard InChI is InChI=1S/C53H52IN7O3/c1-9-33-28(3)40-25-42-30(5)35(50(57-42)38-24-47(62)49-31(6)43(58-52(38)49)27-45-34(10-2)29(4)41(56-45)26-44(33)55-40)19-20-48(63)60(7)21-22-61(8)53(64)46-23-32-15-11-12-16-36(32)51(59-46)37-17-13-14-18-39(37)54/h9,11-18,23-27,30,35,57-58,62H,1,10,19-22H2,2-8H3/t30-,35-/m0/s1. The second-order valence-electron chi connectivity index (χ2n) is 17.3. The van der Waals surface area contributed by atoms with Gasteiger partial charge in [-0.2, -0.15) is 0 Å². The number of hydrogen-bond acceptors (Lipinski definition) is 6. The van der Waals surface area contributed by atoms with E-state index in [2.05, 4.69) is 85.0 Å². The summed E-state index contributed by atoms with van der Waals surface area (Å²) in [4.78, 5) is 53.8. The molecule has 2 amide bonds. The van der Waals surface area contributed by atoms with Gasteiger partial charge in [0.1, 0.15) is 11.5 Å². The van der Waals surface area contributed by atoms with Gasteiger partial charge in [0.15, 0.2) is 0 Å². The summed E-state index contributed by atoms with van der Waals surface area (Å²) in [6.07, 6.45) is 5.39. The topological polar surface area (TPSA) is 131 Å². The summed E-state index contributed by atoms with van der Waals surface area (Å²) in [6.45, 7) is 15.4. The van der Waals surface area contributed by atoms with E-state index in [-0.39, 0.29) is 29.4 Å². The number of halogens is 1. The van der Waals surface area contributed by atoms with Crippen molar-refractivity contribution >= 4 is 90.3 Å². The third kappa shape index (κ3) is 7.42. The van der Waals surface area contributed by atoms with Gasteiger partial charge < -0.3 is 24.9 Å². The lowest BCUT2D eigenvalue weighted by molar-refractivity contribution is -0.130. The van der Waals surface area contributed by atoms with Crippen LogP contribution < -0.4 is 0 Å². The Morgan fingerprint density at radius 2 is 1.59 bits per heavy atom. The number of H-pyrrole nitrogens is 2. The van der Waals surface area contributed by atoms with E-state index >= 15 is 0 Å². The number of benzene rings is 2. The number of nitrogens with zero attached hydrogens (tertiary/aromatic N) is 5. The molecule has 9 rings (SSSR count). The highest BCUT2D eigenvalue weighted by molar-refractivity contribution is 14.1. The van der Waals surface area contributed by atoms with Gasteiger partial charge in [0.05, 0.1) is 34.0 Å². The summed E-state index contributed by atoms with van der Waals surface area (Å²) in [5, 5.41) is 13.4. The number of carbonyl (C=O) groups excluding carboxylic acids is 2. The van der Waals surface area contributed by atoms with Crippen molar-refractivity contribution in [3.05, 3.63) is 146 Å². The Kier molecular flexibility index (Phi) is 11.4. The molecule has 2 atom stereocenters. The van der Waals surface area contributed by atoms with Gasteiger partial charge in [-0.25, -0.2) is 15.0 Å². The van der Waals surface area contributed by atoms with Crippen LogP contribution in [0.3, 0.4) is 0 Å². The molecule has 0 fully saturated rings. The van der Waals surface area contributed by atoms with Gasteiger partial charge in [-0.3, -0.25) is 9.59 Å². The van der Waals surface area contributed by atoms with Crippen LogP contribution in [0.5, 0.6) is 0 Å². The van der Waals surface area contributed by atoms with Crippen LogP contribution in [0.15, 0.2) is 85.5 Å². The first-order chi connectivity index (χ1) is 30.8. The molecule has 0 saturated heterocycles. The first-order valence-electron chi connectivity index (χ1n) is 21.9. The molecule has 2 aromatic carbocycles. The van der Waals surface area contributed by atoms with Crippen molar-refractivity contribution in [2.45, 2.75) is 65.7 Å². The van der Waals surface area contributed by atoms with Crippen LogP contribution in [0.1, 0.15) is 120 Å². The third-order valence-corrected chi connectivity index (χ3v) is 14.5. The van der Waals surface area contributed by atoms with Crippen molar-refractivity contribution in [2.24, 2.45) is 0 Å². The number of carbonyl (C=O) groups is 2. The minimum Gasteiger partial charge on any atom is -0.507 e. The maximum Gasteiger partial charge on any atom is 0.272 e. The van der Waals surface area contributed by atoms with Gasteiger partial charge in [0.2, 0.25) is 5.91 Å². The zero-order chi connectivity index (χ0) is 45.1. The van der Waals surface area contributed by atoms with Gasteiger partial charge in [-0.1, -0.05) is 69.0 Å². The number of likely N-dealkylation sites (N-methyl/N-ethyl adjacent to an activating group) is 2. The van der Waals surface area contributed by atoms with Crippen molar-refractivity contribution in [2.75, 3.05) is 27.2 Å². The van der Waals surface area contributed by atoms with Gasteiger partial charge in [0, 0.05) is 93.6 Å². The molecule has 0 saturated carbocycles. The Morgan fingerprint density at radius 3 is 2.36 bits per heavy atom. The van der Waals surface area contributed by atoms with Crippen LogP contribution in [0, 0.1) is 10.5 Å². The average molecular weight is 962 g/mol. The van der Waals surface area contributed by atoms with E-state index < -0.39 is 0 Å². The fourth-order valence-electron chi connectivity index (χ4n) is 9.65. The lowest BCUT2D eigenvalue weighted by Gasteiger charge is -2.24. The van der Waals surface area contributed by atoms with E-state index in [1.54, 1.807) is 23.9 Å². The van der Waals surface area contributed by atoms with Crippen LogP contribution >= 0.6 is 22.6 Å². The molecule has 3 aromatic heterocycles. The lowest BCUT2D eigenvalue weighted by atomic mass is 9.85. The van der Waals surface area contributed by atoms with Crippen molar-refractivity contribution in [3.8, 4) is 11.3 Å². The highest BCUT2D eigenvalue weighted by atomic mass is 127. The van der Waals surface area contributed by atoms with Crippen LogP contribution in [0.25, 0.3) is 67.2 Å².